The Balaban J connectivity index is 1.39. The lowest BCUT2D eigenvalue weighted by Crippen LogP contribution is -2.36. The van der Waals surface area contributed by atoms with E-state index in [9.17, 15) is 14.7 Å². The molecule has 2 aliphatic rings. The van der Waals surface area contributed by atoms with E-state index in [1.807, 2.05) is 36.4 Å². The molecule has 2 N–H and O–H groups in total. The van der Waals surface area contributed by atoms with Crippen LogP contribution in [-0.2, 0) is 27.8 Å². The van der Waals surface area contributed by atoms with Crippen molar-refractivity contribution in [2.45, 2.75) is 31.1 Å². The fourth-order valence-electron chi connectivity index (χ4n) is 4.67. The number of methoxy groups -OCH3 is 1. The first-order valence-electron chi connectivity index (χ1n) is 9.76. The van der Waals surface area contributed by atoms with E-state index in [2.05, 4.69) is 17.4 Å². The number of nitrogens with one attached hydrogen (secondary N) is 1. The molecule has 2 aromatic rings. The van der Waals surface area contributed by atoms with Crippen LogP contribution >= 0.6 is 0 Å². The molecule has 2 aromatic carbocycles. The van der Waals surface area contributed by atoms with Gasteiger partial charge in [0, 0.05) is 17.9 Å². The Labute approximate surface area is 164 Å². The summed E-state index contributed by atoms with van der Waals surface area (Å²) < 4.78 is 5.32. The van der Waals surface area contributed by atoms with Gasteiger partial charge in [0.25, 0.3) is 0 Å². The zero-order chi connectivity index (χ0) is 19.7. The first-order chi connectivity index (χ1) is 13.5. The molecule has 5 nitrogen and oxygen atoms in total. The number of benzene rings is 2. The van der Waals surface area contributed by atoms with Gasteiger partial charge in [0.2, 0.25) is 5.91 Å². The summed E-state index contributed by atoms with van der Waals surface area (Å²) >= 11 is 0. The molecular formula is C23H25NO4. The van der Waals surface area contributed by atoms with Crippen LogP contribution in [0.15, 0.2) is 48.5 Å². The van der Waals surface area contributed by atoms with Crippen LogP contribution in [0.1, 0.15) is 29.5 Å². The summed E-state index contributed by atoms with van der Waals surface area (Å²) in [6, 6.07) is 15.8. The fourth-order valence-corrected chi connectivity index (χ4v) is 4.67. The van der Waals surface area contributed by atoms with Crippen LogP contribution in [0.5, 0.6) is 5.75 Å². The smallest absolute Gasteiger partial charge is 0.308 e. The standard InChI is InChI=1S/C23H25NO4/c1-28-20-9-5-3-7-16(20)12-17(22(26)27)14-24-21(25)19-13-23(19)11-10-15-6-2-4-8-18(15)23/h2-9,17,19H,10-14H2,1H3,(H,24,25)(H,26,27). The van der Waals surface area contributed by atoms with Crippen LogP contribution in [0.2, 0.25) is 0 Å². The molecule has 0 saturated heterocycles. The van der Waals surface area contributed by atoms with Crippen LogP contribution in [0.25, 0.3) is 0 Å². The summed E-state index contributed by atoms with van der Waals surface area (Å²) in [5, 5.41) is 12.5. The Morgan fingerprint density at radius 1 is 1.21 bits per heavy atom. The summed E-state index contributed by atoms with van der Waals surface area (Å²) in [7, 11) is 1.57. The van der Waals surface area contributed by atoms with Gasteiger partial charge in [-0.25, -0.2) is 0 Å². The van der Waals surface area contributed by atoms with Crippen LogP contribution in [-0.4, -0.2) is 30.6 Å². The van der Waals surface area contributed by atoms with Crippen LogP contribution in [0.4, 0.5) is 0 Å². The number of hydrogen-bond acceptors (Lipinski definition) is 3. The van der Waals surface area contributed by atoms with E-state index in [0.717, 1.165) is 24.8 Å². The molecule has 0 heterocycles. The van der Waals surface area contributed by atoms with Crippen molar-refractivity contribution in [3.05, 3.63) is 65.2 Å². The van der Waals surface area contributed by atoms with Crippen molar-refractivity contribution >= 4 is 11.9 Å². The maximum atomic E-state index is 12.8. The third kappa shape index (κ3) is 3.26. The van der Waals surface area contributed by atoms with Crippen LogP contribution < -0.4 is 10.1 Å². The van der Waals surface area contributed by atoms with Gasteiger partial charge in [-0.2, -0.15) is 0 Å². The number of aryl methyl sites for hydroxylation is 1. The number of carbonyl (C=O) groups excluding carboxylic acids is 1. The van der Waals surface area contributed by atoms with Crippen molar-refractivity contribution in [3.8, 4) is 5.75 Å². The van der Waals surface area contributed by atoms with Gasteiger partial charge >= 0.3 is 5.97 Å². The summed E-state index contributed by atoms with van der Waals surface area (Å²) in [5.41, 5.74) is 3.46. The summed E-state index contributed by atoms with van der Waals surface area (Å²) in [6.45, 7) is 0.125. The van der Waals surface area contributed by atoms with Crippen molar-refractivity contribution in [2.24, 2.45) is 11.8 Å². The van der Waals surface area contributed by atoms with Crippen molar-refractivity contribution < 1.29 is 19.4 Å². The van der Waals surface area contributed by atoms with Gasteiger partial charge < -0.3 is 15.2 Å². The van der Waals surface area contributed by atoms with Crippen molar-refractivity contribution in [1.82, 2.24) is 5.32 Å². The molecule has 0 aliphatic heterocycles. The van der Waals surface area contributed by atoms with Gasteiger partial charge in [-0.15, -0.1) is 0 Å². The van der Waals surface area contributed by atoms with Gasteiger partial charge in [-0.1, -0.05) is 42.5 Å². The van der Waals surface area contributed by atoms with E-state index < -0.39 is 11.9 Å². The quantitative estimate of drug-likeness (QED) is 0.776. The molecule has 0 aromatic heterocycles. The third-order valence-electron chi connectivity index (χ3n) is 6.32. The van der Waals surface area contributed by atoms with E-state index in [1.165, 1.54) is 11.1 Å². The van der Waals surface area contributed by atoms with E-state index in [4.69, 9.17) is 4.74 Å². The zero-order valence-electron chi connectivity index (χ0n) is 16.0. The molecule has 3 unspecified atom stereocenters. The molecule has 0 radical (unpaired) electrons. The second kappa shape index (κ2) is 7.30. The molecule has 5 heteroatoms. The Bertz CT molecular complexity index is 909. The second-order valence-electron chi connectivity index (χ2n) is 7.87. The first-order valence-corrected chi connectivity index (χ1v) is 9.76. The number of fused-ring (bicyclic) bond motifs is 2. The topological polar surface area (TPSA) is 75.6 Å². The number of carboxylic acid groups (broad SMARTS) is 1. The number of amides is 1. The van der Waals surface area contributed by atoms with Gasteiger partial charge in [0.1, 0.15) is 5.75 Å². The molecule has 1 amide bonds. The molecule has 1 spiro atoms. The summed E-state index contributed by atoms with van der Waals surface area (Å²) in [4.78, 5) is 24.5. The molecule has 1 fully saturated rings. The lowest BCUT2D eigenvalue weighted by Gasteiger charge is -2.16. The number of para-hydroxylation sites is 1. The number of hydrogen-bond donors (Lipinski definition) is 2. The lowest BCUT2D eigenvalue weighted by atomic mass is 9.95. The Hall–Kier alpha value is -2.82. The second-order valence-corrected chi connectivity index (χ2v) is 7.87. The van der Waals surface area contributed by atoms with Gasteiger partial charge in [0.05, 0.1) is 13.0 Å². The molecule has 2 aliphatic carbocycles. The predicted molar refractivity (Wildman–Crippen MR) is 105 cm³/mol. The first kappa shape index (κ1) is 18.5. The van der Waals surface area contributed by atoms with E-state index in [0.29, 0.717) is 12.2 Å². The minimum absolute atomic E-state index is 0.0250. The lowest BCUT2D eigenvalue weighted by molar-refractivity contribution is -0.141. The number of carboxylic acids is 1. The van der Waals surface area contributed by atoms with Gasteiger partial charge in [0.15, 0.2) is 0 Å². The van der Waals surface area contributed by atoms with Crippen molar-refractivity contribution in [3.63, 3.8) is 0 Å². The molecule has 1 saturated carbocycles. The SMILES string of the molecule is COc1ccccc1CC(CNC(=O)C1CC12CCc1ccccc12)C(=O)O. The molecule has 4 rings (SSSR count). The third-order valence-corrected chi connectivity index (χ3v) is 6.32. The van der Waals surface area contributed by atoms with Crippen molar-refractivity contribution in [1.29, 1.82) is 0 Å². The average molecular weight is 379 g/mol. The molecule has 146 valence electrons. The number of ether oxygens (including phenoxy) is 1. The van der Waals surface area contributed by atoms with Crippen LogP contribution in [0, 0.1) is 11.8 Å². The maximum absolute atomic E-state index is 12.8. The van der Waals surface area contributed by atoms with E-state index in [1.54, 1.807) is 7.11 Å². The monoisotopic (exact) mass is 379 g/mol. The van der Waals surface area contributed by atoms with E-state index in [-0.39, 0.29) is 23.8 Å². The Kier molecular flexibility index (Phi) is 4.84. The maximum Gasteiger partial charge on any atom is 0.308 e. The molecule has 0 bridgehead atoms. The Morgan fingerprint density at radius 3 is 2.75 bits per heavy atom. The molecular weight excluding hydrogens is 354 g/mol. The zero-order valence-corrected chi connectivity index (χ0v) is 16.0. The Morgan fingerprint density at radius 2 is 1.96 bits per heavy atom. The molecule has 3 atom stereocenters. The highest BCUT2D eigenvalue weighted by Crippen LogP contribution is 2.61. The average Bonchev–Trinajstić information content (AvgIpc) is 3.33. The van der Waals surface area contributed by atoms with Crippen LogP contribution in [0.3, 0.4) is 0 Å². The fraction of sp³-hybridized carbons (Fsp3) is 0.391. The number of carbonyl (C=O) groups is 2. The minimum atomic E-state index is -0.914. The van der Waals surface area contributed by atoms with Gasteiger partial charge in [-0.05, 0) is 48.4 Å². The highest BCUT2D eigenvalue weighted by atomic mass is 16.5. The normalized spacial score (nSPS) is 23.1. The van der Waals surface area contributed by atoms with Gasteiger partial charge in [-0.3, -0.25) is 9.59 Å². The number of rotatable bonds is 7. The largest absolute Gasteiger partial charge is 0.496 e. The minimum Gasteiger partial charge on any atom is -0.496 e. The predicted octanol–water partition coefficient (Wildman–Crippen LogP) is 2.96. The van der Waals surface area contributed by atoms with Crippen molar-refractivity contribution in [2.75, 3.05) is 13.7 Å². The highest BCUT2D eigenvalue weighted by molar-refractivity contribution is 5.85. The number of aliphatic carboxylic acids is 1. The molecule has 28 heavy (non-hydrogen) atoms. The summed E-state index contributed by atoms with van der Waals surface area (Å²) in [5.74, 6) is -1.00. The highest BCUT2D eigenvalue weighted by Gasteiger charge is 2.61. The van der Waals surface area contributed by atoms with E-state index >= 15 is 0 Å². The summed E-state index contributed by atoms with van der Waals surface area (Å²) in [6.07, 6.45) is 3.21.